The van der Waals surface area contributed by atoms with Gasteiger partial charge in [0.05, 0.1) is 16.1 Å². The van der Waals surface area contributed by atoms with Crippen molar-refractivity contribution in [3.05, 3.63) is 58.6 Å². The summed E-state index contributed by atoms with van der Waals surface area (Å²) < 4.78 is 38.1. The molecule has 1 amide bonds. The number of carbonyl (C=O) groups is 1. The first-order chi connectivity index (χ1) is 9.30. The third-order valence-corrected chi connectivity index (χ3v) is 3.08. The summed E-state index contributed by atoms with van der Waals surface area (Å²) in [5.74, 6) is -0.789. The molecule has 2 N–H and O–H groups in total. The van der Waals surface area contributed by atoms with Crippen LogP contribution in [0.5, 0.6) is 0 Å². The van der Waals surface area contributed by atoms with Crippen molar-refractivity contribution < 1.29 is 18.0 Å². The van der Waals surface area contributed by atoms with Gasteiger partial charge in [-0.1, -0.05) is 35.9 Å². The fourth-order valence-corrected chi connectivity index (χ4v) is 2.15. The highest BCUT2D eigenvalue weighted by Gasteiger charge is 2.30. The third-order valence-electron chi connectivity index (χ3n) is 2.76. The summed E-state index contributed by atoms with van der Waals surface area (Å²) in [7, 11) is 0. The van der Waals surface area contributed by atoms with Crippen LogP contribution in [0, 0.1) is 0 Å². The van der Waals surface area contributed by atoms with E-state index in [9.17, 15) is 18.0 Å². The Bertz CT molecular complexity index is 668. The zero-order valence-electron chi connectivity index (χ0n) is 10.0. The largest absolute Gasteiger partial charge is 0.416 e. The molecule has 0 aliphatic carbocycles. The molecular weight excluding hydrogens is 291 g/mol. The van der Waals surface area contributed by atoms with Crippen molar-refractivity contribution in [2.45, 2.75) is 6.18 Å². The minimum absolute atomic E-state index is 0.00786. The summed E-state index contributed by atoms with van der Waals surface area (Å²) in [5, 5.41) is 0.104. The molecule has 0 radical (unpaired) electrons. The Morgan fingerprint density at radius 1 is 1.10 bits per heavy atom. The minimum atomic E-state index is -4.46. The molecule has 2 aromatic rings. The number of halogens is 4. The first-order valence-electron chi connectivity index (χ1n) is 5.56. The fraction of sp³-hybridized carbons (Fsp3) is 0.0714. The van der Waals surface area contributed by atoms with Gasteiger partial charge in [-0.2, -0.15) is 13.2 Å². The fourth-order valence-electron chi connectivity index (χ4n) is 1.88. The van der Waals surface area contributed by atoms with Gasteiger partial charge in [0.25, 0.3) is 5.91 Å². The van der Waals surface area contributed by atoms with Crippen molar-refractivity contribution in [1.29, 1.82) is 0 Å². The van der Waals surface area contributed by atoms with Gasteiger partial charge in [-0.3, -0.25) is 4.79 Å². The van der Waals surface area contributed by atoms with Crippen LogP contribution >= 0.6 is 11.6 Å². The second-order valence-corrected chi connectivity index (χ2v) is 4.51. The maximum Gasteiger partial charge on any atom is 0.416 e. The highest BCUT2D eigenvalue weighted by molar-refractivity contribution is 6.34. The van der Waals surface area contributed by atoms with Crippen molar-refractivity contribution in [1.82, 2.24) is 0 Å². The number of primary amides is 1. The molecule has 0 aliphatic rings. The molecule has 2 rings (SSSR count). The molecule has 0 bridgehead atoms. The van der Waals surface area contributed by atoms with E-state index in [0.717, 1.165) is 12.1 Å². The van der Waals surface area contributed by atoms with Gasteiger partial charge in [-0.15, -0.1) is 0 Å². The molecule has 0 atom stereocenters. The standard InChI is InChI=1S/C14H9ClF3NO/c15-11-6-2-5-10(12(11)13(19)20)8-3-1-4-9(7-8)14(16,17)18/h1-7H,(H2,19,20). The van der Waals surface area contributed by atoms with Crippen molar-refractivity contribution >= 4 is 17.5 Å². The van der Waals surface area contributed by atoms with E-state index in [1.54, 1.807) is 6.07 Å². The van der Waals surface area contributed by atoms with Crippen molar-refractivity contribution in [2.75, 3.05) is 0 Å². The Morgan fingerprint density at radius 3 is 2.35 bits per heavy atom. The maximum absolute atomic E-state index is 12.7. The summed E-state index contributed by atoms with van der Waals surface area (Å²) in [6.07, 6.45) is -4.46. The number of amides is 1. The van der Waals surface area contributed by atoms with Gasteiger partial charge < -0.3 is 5.73 Å². The molecular formula is C14H9ClF3NO. The van der Waals surface area contributed by atoms with Crippen LogP contribution in [0.1, 0.15) is 15.9 Å². The molecule has 20 heavy (non-hydrogen) atoms. The van der Waals surface area contributed by atoms with Crippen LogP contribution in [0.25, 0.3) is 11.1 Å². The highest BCUT2D eigenvalue weighted by Crippen LogP contribution is 2.34. The van der Waals surface area contributed by atoms with Gasteiger partial charge in [-0.05, 0) is 29.3 Å². The lowest BCUT2D eigenvalue weighted by Crippen LogP contribution is -2.13. The summed E-state index contributed by atoms with van der Waals surface area (Å²) in [4.78, 5) is 11.4. The number of nitrogens with two attached hydrogens (primary N) is 1. The van der Waals surface area contributed by atoms with Crippen molar-refractivity contribution in [3.8, 4) is 11.1 Å². The lowest BCUT2D eigenvalue weighted by Gasteiger charge is -2.11. The average Bonchev–Trinajstić information content (AvgIpc) is 2.37. The molecule has 0 fully saturated rings. The number of hydrogen-bond acceptors (Lipinski definition) is 1. The van der Waals surface area contributed by atoms with Crippen LogP contribution in [0.15, 0.2) is 42.5 Å². The van der Waals surface area contributed by atoms with E-state index in [0.29, 0.717) is 0 Å². The summed E-state index contributed by atoms with van der Waals surface area (Å²) in [5.41, 5.74) is 4.94. The van der Waals surface area contributed by atoms with E-state index >= 15 is 0 Å². The number of hydrogen-bond donors (Lipinski definition) is 1. The summed E-state index contributed by atoms with van der Waals surface area (Å²) in [6.45, 7) is 0. The van der Waals surface area contributed by atoms with Gasteiger partial charge in [0.2, 0.25) is 0 Å². The second kappa shape index (κ2) is 5.17. The second-order valence-electron chi connectivity index (χ2n) is 4.11. The van der Waals surface area contributed by atoms with Crippen molar-refractivity contribution in [2.24, 2.45) is 5.73 Å². The molecule has 0 saturated heterocycles. The molecule has 2 aromatic carbocycles. The van der Waals surface area contributed by atoms with Crippen LogP contribution < -0.4 is 5.73 Å². The van der Waals surface area contributed by atoms with E-state index in [2.05, 4.69) is 0 Å². The number of rotatable bonds is 2. The average molecular weight is 300 g/mol. The molecule has 2 nitrogen and oxygen atoms in total. The van der Waals surface area contributed by atoms with Crippen LogP contribution in [0.2, 0.25) is 5.02 Å². The van der Waals surface area contributed by atoms with Crippen LogP contribution in [-0.2, 0) is 6.18 Å². The molecule has 0 aliphatic heterocycles. The van der Waals surface area contributed by atoms with E-state index in [1.165, 1.54) is 24.3 Å². The Balaban J connectivity index is 2.64. The van der Waals surface area contributed by atoms with Gasteiger partial charge in [-0.25, -0.2) is 0 Å². The highest BCUT2D eigenvalue weighted by atomic mass is 35.5. The molecule has 6 heteroatoms. The van der Waals surface area contributed by atoms with Gasteiger partial charge >= 0.3 is 6.18 Å². The van der Waals surface area contributed by atoms with Crippen LogP contribution in [-0.4, -0.2) is 5.91 Å². The first kappa shape index (κ1) is 14.4. The van der Waals surface area contributed by atoms with Crippen LogP contribution in [0.4, 0.5) is 13.2 Å². The van der Waals surface area contributed by atoms with Crippen molar-refractivity contribution in [3.63, 3.8) is 0 Å². The topological polar surface area (TPSA) is 43.1 Å². The minimum Gasteiger partial charge on any atom is -0.366 e. The van der Waals surface area contributed by atoms with E-state index in [4.69, 9.17) is 17.3 Å². The Morgan fingerprint density at radius 2 is 1.75 bits per heavy atom. The smallest absolute Gasteiger partial charge is 0.366 e. The SMILES string of the molecule is NC(=O)c1c(Cl)cccc1-c1cccc(C(F)(F)F)c1. The predicted octanol–water partition coefficient (Wildman–Crippen LogP) is 4.12. The zero-order chi connectivity index (χ0) is 14.9. The summed E-state index contributed by atoms with van der Waals surface area (Å²) in [6, 6.07) is 9.15. The predicted molar refractivity (Wildman–Crippen MR) is 70.4 cm³/mol. The molecule has 104 valence electrons. The molecule has 0 spiro atoms. The van der Waals surface area contributed by atoms with E-state index in [-0.39, 0.29) is 21.7 Å². The number of benzene rings is 2. The van der Waals surface area contributed by atoms with Crippen LogP contribution in [0.3, 0.4) is 0 Å². The lowest BCUT2D eigenvalue weighted by molar-refractivity contribution is -0.137. The molecule has 0 saturated carbocycles. The van der Waals surface area contributed by atoms with E-state index in [1.807, 2.05) is 0 Å². The molecule has 0 heterocycles. The third kappa shape index (κ3) is 2.77. The Kier molecular flexibility index (Phi) is 3.72. The first-order valence-corrected chi connectivity index (χ1v) is 5.94. The summed E-state index contributed by atoms with van der Waals surface area (Å²) >= 11 is 5.88. The zero-order valence-corrected chi connectivity index (χ0v) is 10.8. The molecule has 0 unspecified atom stereocenters. The Labute approximate surface area is 118 Å². The van der Waals surface area contributed by atoms with Gasteiger partial charge in [0.15, 0.2) is 0 Å². The maximum atomic E-state index is 12.7. The van der Waals surface area contributed by atoms with Gasteiger partial charge in [0.1, 0.15) is 0 Å². The normalized spacial score (nSPS) is 11.4. The number of carbonyl (C=O) groups excluding carboxylic acids is 1. The van der Waals surface area contributed by atoms with Gasteiger partial charge in [0, 0.05) is 0 Å². The molecule has 0 aromatic heterocycles. The lowest BCUT2D eigenvalue weighted by atomic mass is 9.97. The van der Waals surface area contributed by atoms with E-state index < -0.39 is 17.6 Å². The quantitative estimate of drug-likeness (QED) is 0.890. The number of alkyl halides is 3. The Hall–Kier alpha value is -2.01. The monoisotopic (exact) mass is 299 g/mol.